The number of hydrogen-bond acceptors (Lipinski definition) is 5. The fourth-order valence-electron chi connectivity index (χ4n) is 2.81. The maximum atomic E-state index is 12.3. The zero-order valence-corrected chi connectivity index (χ0v) is 15.1. The van der Waals surface area contributed by atoms with E-state index in [0.29, 0.717) is 11.1 Å². The molecule has 0 saturated carbocycles. The predicted molar refractivity (Wildman–Crippen MR) is 99.2 cm³/mol. The van der Waals surface area contributed by atoms with Crippen LogP contribution < -0.4 is 0 Å². The summed E-state index contributed by atoms with van der Waals surface area (Å²) in [6.07, 6.45) is 4.21. The second-order valence-electron chi connectivity index (χ2n) is 6.70. The average molecular weight is 356 g/mol. The monoisotopic (exact) mass is 356 g/mol. The Kier molecular flexibility index (Phi) is 5.66. The molecule has 0 fully saturated rings. The fraction of sp³-hybridized carbons (Fsp3) is 0.286. The number of hydrogen-bond donors (Lipinski definition) is 3. The Morgan fingerprint density at radius 2 is 1.88 bits per heavy atom. The van der Waals surface area contributed by atoms with E-state index in [9.17, 15) is 20.1 Å². The largest absolute Gasteiger partial charge is 0.497 e. The van der Waals surface area contributed by atoms with E-state index >= 15 is 0 Å². The molecule has 0 spiro atoms. The van der Waals surface area contributed by atoms with E-state index < -0.39 is 17.3 Å². The third-order valence-corrected chi connectivity index (χ3v) is 4.51. The molecule has 0 radical (unpaired) electrons. The summed E-state index contributed by atoms with van der Waals surface area (Å²) in [5, 5.41) is 31.3. The zero-order chi connectivity index (χ0) is 19.5. The summed E-state index contributed by atoms with van der Waals surface area (Å²) in [6.45, 7) is 7.20. The van der Waals surface area contributed by atoms with Gasteiger partial charge in [0.2, 0.25) is 5.79 Å². The molecule has 2 rings (SSSR count). The van der Waals surface area contributed by atoms with Crippen molar-refractivity contribution in [3.63, 3.8) is 0 Å². The fourth-order valence-corrected chi connectivity index (χ4v) is 2.81. The number of rotatable bonds is 6. The molecule has 0 aliphatic heterocycles. The molecule has 1 aromatic carbocycles. The highest BCUT2D eigenvalue weighted by atomic mass is 16.5. The van der Waals surface area contributed by atoms with Gasteiger partial charge in [0.25, 0.3) is 0 Å². The molecule has 26 heavy (non-hydrogen) atoms. The number of aliphatic hydroxyl groups excluding tert-OH is 1. The Morgan fingerprint density at radius 1 is 1.27 bits per heavy atom. The van der Waals surface area contributed by atoms with Gasteiger partial charge in [-0.25, -0.2) is 0 Å². The zero-order valence-electron chi connectivity index (χ0n) is 15.1. The number of benzene rings is 1. The van der Waals surface area contributed by atoms with Crippen LogP contribution in [0.5, 0.6) is 0 Å². The molecule has 3 N–H and O–H groups in total. The molecule has 138 valence electrons. The van der Waals surface area contributed by atoms with E-state index in [1.54, 1.807) is 44.2 Å². The van der Waals surface area contributed by atoms with Crippen molar-refractivity contribution in [2.75, 3.05) is 7.11 Å². The molecule has 0 aromatic heterocycles. The second kappa shape index (κ2) is 7.41. The Hall–Kier alpha value is -2.47. The topological polar surface area (TPSA) is 87.0 Å². The first-order valence-corrected chi connectivity index (χ1v) is 8.19. The second-order valence-corrected chi connectivity index (χ2v) is 6.70. The van der Waals surface area contributed by atoms with Crippen LogP contribution in [0.3, 0.4) is 0 Å². The maximum Gasteiger partial charge on any atom is 0.221 e. The molecule has 0 amide bonds. The number of ketones is 1. The molecular weight excluding hydrogens is 332 g/mol. The highest BCUT2D eigenvalue weighted by Gasteiger charge is 2.48. The molecule has 1 aromatic rings. The van der Waals surface area contributed by atoms with Crippen molar-refractivity contribution < 1.29 is 24.9 Å². The van der Waals surface area contributed by atoms with Gasteiger partial charge in [-0.3, -0.25) is 4.79 Å². The highest BCUT2D eigenvalue weighted by Crippen LogP contribution is 2.42. The van der Waals surface area contributed by atoms with E-state index in [4.69, 9.17) is 4.74 Å². The van der Waals surface area contributed by atoms with Crippen molar-refractivity contribution in [3.8, 4) is 0 Å². The van der Waals surface area contributed by atoms with Crippen LogP contribution in [0, 0.1) is 5.41 Å². The molecular formula is C21H24O5. The lowest BCUT2D eigenvalue weighted by atomic mass is 9.74. The predicted octanol–water partition coefficient (Wildman–Crippen LogP) is 2.52. The summed E-state index contributed by atoms with van der Waals surface area (Å²) in [4.78, 5) is 12.3. The third kappa shape index (κ3) is 3.70. The number of allylic oxidation sites excluding steroid dienone is 5. The first-order valence-electron chi connectivity index (χ1n) is 8.19. The lowest BCUT2D eigenvalue weighted by Crippen LogP contribution is -2.50. The minimum absolute atomic E-state index is 0.0317. The average Bonchev–Trinajstić information content (AvgIpc) is 2.62. The Balaban J connectivity index is 2.48. The number of carbonyl (C=O) groups is 1. The van der Waals surface area contributed by atoms with Crippen molar-refractivity contribution in [1.29, 1.82) is 0 Å². The van der Waals surface area contributed by atoms with Crippen LogP contribution in [0.2, 0.25) is 0 Å². The minimum Gasteiger partial charge on any atom is -0.497 e. The number of methoxy groups -OCH3 is 1. The minimum atomic E-state index is -2.51. The van der Waals surface area contributed by atoms with Gasteiger partial charge in [-0.05, 0) is 18.2 Å². The molecule has 1 aliphatic carbocycles. The van der Waals surface area contributed by atoms with Crippen LogP contribution in [-0.4, -0.2) is 40.1 Å². The van der Waals surface area contributed by atoms with Crippen molar-refractivity contribution in [2.45, 2.75) is 25.7 Å². The Bertz CT molecular complexity index is 782. The number of carbonyl (C=O) groups excluding carboxylic acids is 1. The Morgan fingerprint density at radius 3 is 2.42 bits per heavy atom. The van der Waals surface area contributed by atoms with Crippen molar-refractivity contribution >= 4 is 5.78 Å². The van der Waals surface area contributed by atoms with Gasteiger partial charge in [0.05, 0.1) is 7.11 Å². The summed E-state index contributed by atoms with van der Waals surface area (Å²) in [5.41, 5.74) is 0.258. The van der Waals surface area contributed by atoms with E-state index in [0.717, 1.165) is 0 Å². The van der Waals surface area contributed by atoms with Crippen molar-refractivity contribution in [1.82, 2.24) is 0 Å². The summed E-state index contributed by atoms with van der Waals surface area (Å²) in [5.74, 6) is -2.76. The van der Waals surface area contributed by atoms with E-state index in [1.165, 1.54) is 25.3 Å². The normalized spacial score (nSPS) is 20.1. The first-order chi connectivity index (χ1) is 12.1. The molecule has 5 heteroatoms. The highest BCUT2D eigenvalue weighted by molar-refractivity contribution is 6.04. The van der Waals surface area contributed by atoms with Crippen LogP contribution in [0.15, 0.2) is 78.1 Å². The molecule has 5 nitrogen and oxygen atoms in total. The molecule has 1 atom stereocenters. The number of ether oxygens (including phenoxy) is 1. The summed E-state index contributed by atoms with van der Waals surface area (Å²) >= 11 is 0. The standard InChI is InChI=1S/C21H24O5/c1-5-20(2,3)17-13-15(18(26-4)19(23)21(17,24)25)11-12-16(22)14-9-7-6-8-10-14/h5-13,19,23-25H,1H2,2-4H3. The molecule has 1 aliphatic rings. The lowest BCUT2D eigenvalue weighted by molar-refractivity contribution is -0.202. The van der Waals surface area contributed by atoms with Crippen LogP contribution >= 0.6 is 0 Å². The first kappa shape index (κ1) is 19.8. The van der Waals surface area contributed by atoms with Gasteiger partial charge in [0.15, 0.2) is 11.9 Å². The van der Waals surface area contributed by atoms with E-state index in [-0.39, 0.29) is 17.1 Å². The summed E-state index contributed by atoms with van der Waals surface area (Å²) in [7, 11) is 1.32. The quantitative estimate of drug-likeness (QED) is 0.316. The molecule has 1 unspecified atom stereocenters. The maximum absolute atomic E-state index is 12.3. The van der Waals surface area contributed by atoms with Crippen molar-refractivity contribution in [3.05, 3.63) is 83.7 Å². The Labute approximate surface area is 153 Å². The summed E-state index contributed by atoms with van der Waals surface area (Å²) < 4.78 is 5.16. The third-order valence-electron chi connectivity index (χ3n) is 4.51. The lowest BCUT2D eigenvalue weighted by Gasteiger charge is -2.40. The van der Waals surface area contributed by atoms with Crippen molar-refractivity contribution in [2.24, 2.45) is 5.41 Å². The van der Waals surface area contributed by atoms with Gasteiger partial charge in [-0.1, -0.05) is 50.3 Å². The molecule has 0 bridgehead atoms. The van der Waals surface area contributed by atoms with Gasteiger partial charge in [0.1, 0.15) is 5.76 Å². The smallest absolute Gasteiger partial charge is 0.221 e. The van der Waals surface area contributed by atoms with Crippen LogP contribution in [0.4, 0.5) is 0 Å². The van der Waals surface area contributed by atoms with E-state index in [2.05, 4.69) is 6.58 Å². The van der Waals surface area contributed by atoms with Gasteiger partial charge in [-0.2, -0.15) is 0 Å². The molecule has 0 saturated heterocycles. The van der Waals surface area contributed by atoms with Crippen LogP contribution in [0.1, 0.15) is 24.2 Å². The van der Waals surface area contributed by atoms with Gasteiger partial charge in [0, 0.05) is 22.1 Å². The molecule has 0 heterocycles. The van der Waals surface area contributed by atoms with Gasteiger partial charge >= 0.3 is 0 Å². The number of aliphatic hydroxyl groups is 3. The summed E-state index contributed by atoms with van der Waals surface area (Å²) in [6, 6.07) is 8.74. The SMILES string of the molecule is C=CC(C)(C)C1=CC(C=CC(=O)c2ccccc2)=C(OC)C(O)C1(O)O. The van der Waals surface area contributed by atoms with Crippen LogP contribution in [-0.2, 0) is 4.74 Å². The van der Waals surface area contributed by atoms with Gasteiger partial charge < -0.3 is 20.1 Å². The van der Waals surface area contributed by atoms with E-state index in [1.807, 2.05) is 6.07 Å². The van der Waals surface area contributed by atoms with Crippen LogP contribution in [0.25, 0.3) is 0 Å². The van der Waals surface area contributed by atoms with Gasteiger partial charge in [-0.15, -0.1) is 6.58 Å².